The summed E-state index contributed by atoms with van der Waals surface area (Å²) in [7, 11) is -2.18. The summed E-state index contributed by atoms with van der Waals surface area (Å²) in [5, 5.41) is 8.83. The van der Waals surface area contributed by atoms with Crippen LogP contribution in [0.1, 0.15) is 22.7 Å². The van der Waals surface area contributed by atoms with Gasteiger partial charge in [0, 0.05) is 24.9 Å². The number of aryl methyl sites for hydroxylation is 1. The minimum atomic E-state index is -3.70. The number of thioether (sulfide) groups is 1. The predicted molar refractivity (Wildman–Crippen MR) is 71.1 cm³/mol. The van der Waals surface area contributed by atoms with Crippen LogP contribution < -0.4 is 0 Å². The highest BCUT2D eigenvalue weighted by Gasteiger charge is 2.33. The number of hydrogen-bond donors (Lipinski definition) is 1. The van der Waals surface area contributed by atoms with Crippen LogP contribution in [0, 0.1) is 6.92 Å². The molecule has 1 aromatic rings. The molecule has 1 fully saturated rings. The maximum atomic E-state index is 12.4. The average molecular weight is 305 g/mol. The highest BCUT2D eigenvalue weighted by Crippen LogP contribution is 2.29. The van der Waals surface area contributed by atoms with E-state index in [1.165, 1.54) is 18.3 Å². The van der Waals surface area contributed by atoms with Gasteiger partial charge in [-0.05, 0) is 19.1 Å². The van der Waals surface area contributed by atoms with Crippen molar-refractivity contribution in [3.63, 3.8) is 0 Å². The Kier molecular flexibility index (Phi) is 3.93. The normalized spacial score (nSPS) is 20.1. The van der Waals surface area contributed by atoms with Gasteiger partial charge in [-0.2, -0.15) is 16.1 Å². The van der Waals surface area contributed by atoms with E-state index in [0.717, 1.165) is 24.0 Å². The molecule has 1 N–H and O–H groups in total. The summed E-state index contributed by atoms with van der Waals surface area (Å²) < 4.78 is 31.2. The maximum Gasteiger partial charge on any atom is 0.371 e. The van der Waals surface area contributed by atoms with E-state index in [9.17, 15) is 13.2 Å². The topological polar surface area (TPSA) is 87.8 Å². The van der Waals surface area contributed by atoms with Crippen LogP contribution in [0.4, 0.5) is 0 Å². The van der Waals surface area contributed by atoms with E-state index in [-0.39, 0.29) is 22.5 Å². The number of furan rings is 1. The van der Waals surface area contributed by atoms with Crippen molar-refractivity contribution in [3.8, 4) is 0 Å². The molecule has 1 atom stereocenters. The van der Waals surface area contributed by atoms with Crippen LogP contribution in [0.15, 0.2) is 15.4 Å². The summed E-state index contributed by atoms with van der Waals surface area (Å²) in [6, 6.07) is 1.03. The predicted octanol–water partition coefficient (Wildman–Crippen LogP) is 1.41. The Labute approximate surface area is 115 Å². The zero-order chi connectivity index (χ0) is 14.2. The number of nitrogens with zero attached hydrogens (tertiary/aromatic N) is 1. The lowest BCUT2D eigenvalue weighted by Gasteiger charge is -2.22. The second-order valence-corrected chi connectivity index (χ2v) is 7.49. The standard InChI is InChI=1S/C11H15NO5S2/c1-7-10(5-9(17-7)11(13)14)19(15,16)12(2)8-3-4-18-6-8/h5,8H,3-4,6H2,1-2H3,(H,13,14). The van der Waals surface area contributed by atoms with Gasteiger partial charge in [-0.3, -0.25) is 0 Å². The van der Waals surface area contributed by atoms with E-state index in [1.807, 2.05) is 0 Å². The highest BCUT2D eigenvalue weighted by molar-refractivity contribution is 7.99. The Hall–Kier alpha value is -0.990. The lowest BCUT2D eigenvalue weighted by Crippen LogP contribution is -2.37. The molecular formula is C11H15NO5S2. The number of rotatable bonds is 4. The fourth-order valence-electron chi connectivity index (χ4n) is 1.99. The summed E-state index contributed by atoms with van der Waals surface area (Å²) in [5.74, 6) is 0.178. The van der Waals surface area contributed by atoms with Crippen molar-refractivity contribution in [2.24, 2.45) is 0 Å². The zero-order valence-corrected chi connectivity index (χ0v) is 12.3. The largest absolute Gasteiger partial charge is 0.475 e. The van der Waals surface area contributed by atoms with Gasteiger partial charge < -0.3 is 9.52 Å². The smallest absolute Gasteiger partial charge is 0.371 e. The highest BCUT2D eigenvalue weighted by atomic mass is 32.2. The van der Waals surface area contributed by atoms with Crippen molar-refractivity contribution in [3.05, 3.63) is 17.6 Å². The molecule has 0 aliphatic carbocycles. The molecule has 0 spiro atoms. The van der Waals surface area contributed by atoms with Crippen LogP contribution in [0.25, 0.3) is 0 Å². The summed E-state index contributed by atoms with van der Waals surface area (Å²) in [6.45, 7) is 1.45. The van der Waals surface area contributed by atoms with E-state index in [0.29, 0.717) is 0 Å². The molecule has 1 aromatic heterocycles. The quantitative estimate of drug-likeness (QED) is 0.905. The third kappa shape index (κ3) is 2.65. The Morgan fingerprint density at radius 3 is 2.74 bits per heavy atom. The Balaban J connectivity index is 2.35. The third-order valence-corrected chi connectivity index (χ3v) is 6.32. The molecule has 106 valence electrons. The van der Waals surface area contributed by atoms with Crippen LogP contribution in [-0.2, 0) is 10.0 Å². The molecule has 0 saturated carbocycles. The van der Waals surface area contributed by atoms with Crippen LogP contribution in [-0.4, -0.2) is 48.4 Å². The first-order valence-corrected chi connectivity index (χ1v) is 8.33. The third-order valence-electron chi connectivity index (χ3n) is 3.16. The molecule has 19 heavy (non-hydrogen) atoms. The molecule has 1 aliphatic rings. The number of carboxylic acids is 1. The molecular weight excluding hydrogens is 290 g/mol. The molecule has 0 amide bonds. The average Bonchev–Trinajstić information content (AvgIpc) is 2.96. The fraction of sp³-hybridized carbons (Fsp3) is 0.545. The number of aromatic carboxylic acids is 1. The number of sulfonamides is 1. The zero-order valence-electron chi connectivity index (χ0n) is 10.6. The second-order valence-electron chi connectivity index (χ2n) is 4.37. The summed E-state index contributed by atoms with van der Waals surface area (Å²) in [6.07, 6.45) is 0.809. The van der Waals surface area contributed by atoms with Crippen LogP contribution in [0.5, 0.6) is 0 Å². The van der Waals surface area contributed by atoms with Gasteiger partial charge >= 0.3 is 5.97 Å². The second kappa shape index (κ2) is 5.18. The van der Waals surface area contributed by atoms with Crippen molar-refractivity contribution < 1.29 is 22.7 Å². The van der Waals surface area contributed by atoms with Gasteiger partial charge in [-0.15, -0.1) is 0 Å². The minimum absolute atomic E-state index is 0.0439. The SMILES string of the molecule is Cc1oc(C(=O)O)cc1S(=O)(=O)N(C)C1CCSC1. The summed E-state index contributed by atoms with van der Waals surface area (Å²) >= 11 is 1.71. The molecule has 8 heteroatoms. The first-order chi connectivity index (χ1) is 8.84. The van der Waals surface area contributed by atoms with Gasteiger partial charge in [0.2, 0.25) is 15.8 Å². The molecule has 0 bridgehead atoms. The first kappa shape index (κ1) is 14.4. The molecule has 1 unspecified atom stereocenters. The van der Waals surface area contributed by atoms with E-state index >= 15 is 0 Å². The van der Waals surface area contributed by atoms with Crippen LogP contribution in [0.2, 0.25) is 0 Å². The van der Waals surface area contributed by atoms with Gasteiger partial charge in [0.15, 0.2) is 0 Å². The van der Waals surface area contributed by atoms with Crippen molar-refractivity contribution in [2.75, 3.05) is 18.6 Å². The van der Waals surface area contributed by atoms with Gasteiger partial charge in [0.25, 0.3) is 0 Å². The van der Waals surface area contributed by atoms with E-state index in [4.69, 9.17) is 9.52 Å². The summed E-state index contributed by atoms with van der Waals surface area (Å²) in [4.78, 5) is 10.7. The van der Waals surface area contributed by atoms with E-state index in [1.54, 1.807) is 11.8 Å². The van der Waals surface area contributed by atoms with Crippen LogP contribution >= 0.6 is 11.8 Å². The number of hydrogen-bond acceptors (Lipinski definition) is 5. The van der Waals surface area contributed by atoms with E-state index in [2.05, 4.69) is 0 Å². The van der Waals surface area contributed by atoms with Gasteiger partial charge in [-0.1, -0.05) is 0 Å². The van der Waals surface area contributed by atoms with Crippen molar-refractivity contribution in [2.45, 2.75) is 24.3 Å². The van der Waals surface area contributed by atoms with E-state index < -0.39 is 16.0 Å². The molecule has 2 heterocycles. The Bertz CT molecular complexity index is 586. The Morgan fingerprint density at radius 1 is 1.58 bits per heavy atom. The lowest BCUT2D eigenvalue weighted by molar-refractivity contribution is 0.0661. The van der Waals surface area contributed by atoms with Gasteiger partial charge in [0.1, 0.15) is 10.7 Å². The van der Waals surface area contributed by atoms with Crippen LogP contribution in [0.3, 0.4) is 0 Å². The number of carbonyl (C=O) groups is 1. The Morgan fingerprint density at radius 2 is 2.26 bits per heavy atom. The van der Waals surface area contributed by atoms with Gasteiger partial charge in [-0.25, -0.2) is 13.2 Å². The monoisotopic (exact) mass is 305 g/mol. The maximum absolute atomic E-state index is 12.4. The summed E-state index contributed by atoms with van der Waals surface area (Å²) in [5.41, 5.74) is 0. The van der Waals surface area contributed by atoms with Crippen molar-refractivity contribution in [1.82, 2.24) is 4.31 Å². The number of carboxylic acid groups (broad SMARTS) is 1. The van der Waals surface area contributed by atoms with Crippen molar-refractivity contribution in [1.29, 1.82) is 0 Å². The molecule has 1 saturated heterocycles. The molecule has 1 aliphatic heterocycles. The first-order valence-electron chi connectivity index (χ1n) is 5.73. The molecule has 0 aromatic carbocycles. The molecule has 2 rings (SSSR count). The van der Waals surface area contributed by atoms with Gasteiger partial charge in [0.05, 0.1) is 0 Å². The fourth-order valence-corrected chi connectivity index (χ4v) is 4.89. The molecule has 0 radical (unpaired) electrons. The lowest BCUT2D eigenvalue weighted by atomic mass is 10.3. The van der Waals surface area contributed by atoms with Crippen molar-refractivity contribution >= 4 is 27.8 Å². The molecule has 6 nitrogen and oxygen atoms in total. The minimum Gasteiger partial charge on any atom is -0.475 e.